The van der Waals surface area contributed by atoms with E-state index in [0.717, 1.165) is 35.0 Å². The maximum absolute atomic E-state index is 5.91. The molecule has 0 unspecified atom stereocenters. The largest absolute Gasteiger partial charge is 0.493 e. The van der Waals surface area contributed by atoms with E-state index >= 15 is 0 Å². The number of hydrogen-bond acceptors (Lipinski definition) is 3. The molecular formula is C17H27NOS2. The van der Waals surface area contributed by atoms with Crippen molar-refractivity contribution in [1.82, 2.24) is 0 Å². The summed E-state index contributed by atoms with van der Waals surface area (Å²) in [7, 11) is 0. The van der Waals surface area contributed by atoms with Crippen molar-refractivity contribution in [2.45, 2.75) is 57.3 Å². The third-order valence-electron chi connectivity index (χ3n) is 3.29. The van der Waals surface area contributed by atoms with Gasteiger partial charge in [-0.1, -0.05) is 64.2 Å². The molecule has 1 aromatic rings. The Hall–Kier alpha value is -0.740. The molecule has 0 radical (unpaired) electrons. The molecule has 0 saturated carbocycles. The van der Waals surface area contributed by atoms with Crippen molar-refractivity contribution in [3.8, 4) is 5.75 Å². The van der Waals surface area contributed by atoms with Gasteiger partial charge in [0, 0.05) is 4.90 Å². The van der Waals surface area contributed by atoms with Crippen LogP contribution in [0.25, 0.3) is 0 Å². The lowest BCUT2D eigenvalue weighted by molar-refractivity contribution is 0.303. The maximum atomic E-state index is 5.91. The Balaban J connectivity index is 2.50. The molecule has 1 rings (SSSR count). The zero-order valence-corrected chi connectivity index (χ0v) is 14.8. The quantitative estimate of drug-likeness (QED) is 0.346. The molecule has 21 heavy (non-hydrogen) atoms. The number of unbranched alkanes of at least 4 members (excludes halogenated alkanes) is 5. The number of thiocarbonyl (C=S) groups is 1. The molecule has 0 aliphatic rings. The molecule has 2 nitrogen and oxygen atoms in total. The summed E-state index contributed by atoms with van der Waals surface area (Å²) in [6.45, 7) is 5.10. The predicted molar refractivity (Wildman–Crippen MR) is 97.6 cm³/mol. The van der Waals surface area contributed by atoms with Crippen LogP contribution in [0.1, 0.15) is 57.9 Å². The van der Waals surface area contributed by atoms with E-state index in [-0.39, 0.29) is 0 Å². The van der Waals surface area contributed by atoms with Gasteiger partial charge in [-0.15, -0.1) is 11.8 Å². The molecule has 0 aromatic heterocycles. The Bertz CT molecular complexity index is 435. The maximum Gasteiger partial charge on any atom is 0.130 e. The van der Waals surface area contributed by atoms with E-state index in [4.69, 9.17) is 22.7 Å². The van der Waals surface area contributed by atoms with Gasteiger partial charge >= 0.3 is 0 Å². The highest BCUT2D eigenvalue weighted by Crippen LogP contribution is 2.30. The lowest BCUT2D eigenvalue weighted by Gasteiger charge is -2.14. The highest BCUT2D eigenvalue weighted by atomic mass is 32.2. The lowest BCUT2D eigenvalue weighted by atomic mass is 10.1. The highest BCUT2D eigenvalue weighted by molar-refractivity contribution is 7.99. The van der Waals surface area contributed by atoms with Gasteiger partial charge in [0.15, 0.2) is 0 Å². The lowest BCUT2D eigenvalue weighted by Crippen LogP contribution is -2.13. The molecular weight excluding hydrogens is 298 g/mol. The molecule has 0 saturated heterocycles. The third-order valence-corrected chi connectivity index (χ3v) is 4.43. The van der Waals surface area contributed by atoms with Crippen molar-refractivity contribution in [2.75, 3.05) is 12.4 Å². The van der Waals surface area contributed by atoms with Crippen LogP contribution in [-0.4, -0.2) is 17.3 Å². The second kappa shape index (κ2) is 10.9. The van der Waals surface area contributed by atoms with Crippen LogP contribution < -0.4 is 10.5 Å². The number of hydrogen-bond donors (Lipinski definition) is 1. The van der Waals surface area contributed by atoms with Gasteiger partial charge in [0.2, 0.25) is 0 Å². The molecule has 0 fully saturated rings. The summed E-state index contributed by atoms with van der Waals surface area (Å²) < 4.78 is 5.91. The van der Waals surface area contributed by atoms with E-state index in [1.54, 1.807) is 11.8 Å². The summed E-state index contributed by atoms with van der Waals surface area (Å²) in [5, 5.41) is 0. The fourth-order valence-electron chi connectivity index (χ4n) is 2.21. The number of thioether (sulfide) groups is 1. The van der Waals surface area contributed by atoms with Crippen LogP contribution in [0.2, 0.25) is 0 Å². The van der Waals surface area contributed by atoms with Gasteiger partial charge in [0.05, 0.1) is 12.2 Å². The van der Waals surface area contributed by atoms with Crippen molar-refractivity contribution in [1.29, 1.82) is 0 Å². The molecule has 0 atom stereocenters. The first kappa shape index (κ1) is 18.3. The molecule has 118 valence electrons. The van der Waals surface area contributed by atoms with Crippen molar-refractivity contribution in [3.05, 3.63) is 23.8 Å². The number of ether oxygens (including phenoxy) is 1. The molecule has 2 N–H and O–H groups in total. The first-order valence-electron chi connectivity index (χ1n) is 7.89. The van der Waals surface area contributed by atoms with Crippen LogP contribution >= 0.6 is 24.0 Å². The minimum atomic E-state index is 0.421. The zero-order chi connectivity index (χ0) is 15.5. The number of nitrogens with two attached hydrogens (primary N) is 1. The second-order valence-electron chi connectivity index (χ2n) is 5.04. The smallest absolute Gasteiger partial charge is 0.130 e. The predicted octanol–water partition coefficient (Wildman–Crippen LogP) is 5.17. The average molecular weight is 326 g/mol. The zero-order valence-electron chi connectivity index (χ0n) is 13.2. The van der Waals surface area contributed by atoms with Crippen molar-refractivity contribution in [2.24, 2.45) is 5.73 Å². The van der Waals surface area contributed by atoms with Gasteiger partial charge in [-0.2, -0.15) is 0 Å². The van der Waals surface area contributed by atoms with Gasteiger partial charge in [-0.05, 0) is 24.3 Å². The Labute approximate surface area is 138 Å². The van der Waals surface area contributed by atoms with E-state index in [0.29, 0.717) is 4.99 Å². The van der Waals surface area contributed by atoms with Crippen LogP contribution in [0.5, 0.6) is 5.75 Å². The van der Waals surface area contributed by atoms with Gasteiger partial charge in [-0.25, -0.2) is 0 Å². The first-order valence-corrected chi connectivity index (χ1v) is 9.28. The van der Waals surface area contributed by atoms with Crippen molar-refractivity contribution in [3.63, 3.8) is 0 Å². The van der Waals surface area contributed by atoms with E-state index in [9.17, 15) is 0 Å². The summed E-state index contributed by atoms with van der Waals surface area (Å²) in [6, 6.07) is 6.03. The Morgan fingerprint density at radius 1 is 1.14 bits per heavy atom. The SMILES string of the molecule is CCCCCCCCOc1cccc(SCC)c1C(N)=S. The Kier molecular flexibility index (Phi) is 9.51. The fourth-order valence-corrected chi connectivity index (χ4v) is 3.33. The molecule has 1 aromatic carbocycles. The first-order chi connectivity index (χ1) is 10.2. The summed E-state index contributed by atoms with van der Waals surface area (Å²) >= 11 is 6.93. The topological polar surface area (TPSA) is 35.2 Å². The molecule has 0 aliphatic heterocycles. The Morgan fingerprint density at radius 3 is 2.52 bits per heavy atom. The molecule has 0 spiro atoms. The molecule has 4 heteroatoms. The van der Waals surface area contributed by atoms with Crippen LogP contribution in [0.15, 0.2) is 23.1 Å². The third kappa shape index (κ3) is 6.70. The van der Waals surface area contributed by atoms with Crippen molar-refractivity contribution < 1.29 is 4.74 Å². The van der Waals surface area contributed by atoms with Gasteiger partial charge < -0.3 is 10.5 Å². The molecule has 0 bridgehead atoms. The van der Waals surface area contributed by atoms with E-state index in [1.165, 1.54) is 32.1 Å². The summed E-state index contributed by atoms with van der Waals surface area (Å²) in [5.74, 6) is 1.82. The molecule has 0 aliphatic carbocycles. The highest BCUT2D eigenvalue weighted by Gasteiger charge is 2.12. The van der Waals surface area contributed by atoms with Crippen LogP contribution in [0, 0.1) is 0 Å². The second-order valence-corrected chi connectivity index (χ2v) is 6.79. The Morgan fingerprint density at radius 2 is 1.86 bits per heavy atom. The summed E-state index contributed by atoms with van der Waals surface area (Å²) in [5.41, 5.74) is 6.76. The average Bonchev–Trinajstić information content (AvgIpc) is 2.46. The van der Waals surface area contributed by atoms with E-state index in [2.05, 4.69) is 19.9 Å². The van der Waals surface area contributed by atoms with E-state index < -0.39 is 0 Å². The standard InChI is InChI=1S/C17H27NOS2/c1-3-5-6-7-8-9-13-19-14-11-10-12-15(21-4-2)16(14)17(18)20/h10-12H,3-9,13H2,1-2H3,(H2,18,20). The minimum absolute atomic E-state index is 0.421. The monoisotopic (exact) mass is 325 g/mol. The van der Waals surface area contributed by atoms with Crippen LogP contribution in [0.3, 0.4) is 0 Å². The molecule has 0 amide bonds. The normalized spacial score (nSPS) is 10.6. The number of rotatable bonds is 11. The van der Waals surface area contributed by atoms with Crippen LogP contribution in [0.4, 0.5) is 0 Å². The fraction of sp³-hybridized carbons (Fsp3) is 0.588. The van der Waals surface area contributed by atoms with Gasteiger partial charge in [0.25, 0.3) is 0 Å². The molecule has 0 heterocycles. The van der Waals surface area contributed by atoms with Gasteiger partial charge in [-0.3, -0.25) is 0 Å². The summed E-state index contributed by atoms with van der Waals surface area (Å²) in [6.07, 6.45) is 7.57. The van der Waals surface area contributed by atoms with Gasteiger partial charge in [0.1, 0.15) is 10.7 Å². The minimum Gasteiger partial charge on any atom is -0.493 e. The van der Waals surface area contributed by atoms with Crippen LogP contribution in [-0.2, 0) is 0 Å². The number of benzene rings is 1. The summed E-state index contributed by atoms with van der Waals surface area (Å²) in [4.78, 5) is 1.54. The van der Waals surface area contributed by atoms with E-state index in [1.807, 2.05) is 12.1 Å². The van der Waals surface area contributed by atoms with Crippen molar-refractivity contribution >= 4 is 29.0 Å².